The van der Waals surface area contributed by atoms with E-state index in [9.17, 15) is 31.9 Å². The predicted octanol–water partition coefficient (Wildman–Crippen LogP) is 7.08. The topological polar surface area (TPSA) is 165 Å². The van der Waals surface area contributed by atoms with Crippen molar-refractivity contribution in [2.75, 3.05) is 17.7 Å². The molecule has 12 nitrogen and oxygen atoms in total. The van der Waals surface area contributed by atoms with Crippen LogP contribution < -0.4 is 16.0 Å². The fourth-order valence-electron chi connectivity index (χ4n) is 5.03. The van der Waals surface area contributed by atoms with Crippen LogP contribution in [0, 0.1) is 18.7 Å². The Kier molecular flexibility index (Phi) is 11.8. The number of pyridine rings is 1. The van der Waals surface area contributed by atoms with Gasteiger partial charge in [0.2, 0.25) is 5.91 Å². The summed E-state index contributed by atoms with van der Waals surface area (Å²) in [6.45, 7) is 3.53. The fourth-order valence-corrected chi connectivity index (χ4v) is 5.20. The number of aromatic nitrogens is 3. The Bertz CT molecular complexity index is 1920. The van der Waals surface area contributed by atoms with E-state index in [1.807, 2.05) is 19.1 Å². The second-order valence-electron chi connectivity index (χ2n) is 11.1. The number of fused-ring (bicyclic) bond motifs is 4. The van der Waals surface area contributed by atoms with Crippen molar-refractivity contribution in [2.24, 2.45) is 5.92 Å². The van der Waals surface area contributed by atoms with E-state index < -0.39 is 30.1 Å². The van der Waals surface area contributed by atoms with Gasteiger partial charge in [0.1, 0.15) is 5.69 Å². The first-order valence-electron chi connectivity index (χ1n) is 15.0. The van der Waals surface area contributed by atoms with Gasteiger partial charge in [-0.05, 0) is 61.7 Å². The average molecular weight is 719 g/mol. The Morgan fingerprint density at radius 2 is 1.84 bits per heavy atom. The molecule has 0 fully saturated rings. The summed E-state index contributed by atoms with van der Waals surface area (Å²) in [4.78, 5) is 51.9. The summed E-state index contributed by atoms with van der Waals surface area (Å²) in [5.74, 6) is -4.26. The number of amides is 3. The SMILES string of the molecule is COC(=O)Nc1ccc2c(c1)NC(=O)[C@H](C)CCC[C@H](NC(=O)c1cnn(-c3cccc(Cl)c3F)c1C)c1cc-2ccn1.O=C(O)C(F)(F)F. The molecule has 5 rings (SSSR count). The first-order chi connectivity index (χ1) is 23.6. The van der Waals surface area contributed by atoms with Gasteiger partial charge in [0, 0.05) is 23.4 Å². The maximum absolute atomic E-state index is 14.7. The number of hydrogen-bond donors (Lipinski definition) is 4. The normalized spacial score (nSPS) is 15.9. The summed E-state index contributed by atoms with van der Waals surface area (Å²) in [6, 6.07) is 13.0. The minimum Gasteiger partial charge on any atom is -0.475 e. The smallest absolute Gasteiger partial charge is 0.475 e. The van der Waals surface area contributed by atoms with Gasteiger partial charge in [-0.15, -0.1) is 0 Å². The van der Waals surface area contributed by atoms with E-state index in [1.165, 1.54) is 30.1 Å². The molecule has 0 saturated carbocycles. The zero-order chi connectivity index (χ0) is 36.7. The van der Waals surface area contributed by atoms with Crippen LogP contribution in [0.15, 0.2) is 60.9 Å². The van der Waals surface area contributed by atoms with Gasteiger partial charge in [0.05, 0.1) is 47.0 Å². The number of carbonyl (C=O) groups excluding carboxylic acids is 3. The number of alkyl halides is 3. The van der Waals surface area contributed by atoms with Crippen molar-refractivity contribution in [3.63, 3.8) is 0 Å². The third kappa shape index (κ3) is 8.93. The Labute approximate surface area is 287 Å². The van der Waals surface area contributed by atoms with Crippen molar-refractivity contribution in [1.82, 2.24) is 20.1 Å². The maximum Gasteiger partial charge on any atom is 0.490 e. The highest BCUT2D eigenvalue weighted by Crippen LogP contribution is 2.34. The van der Waals surface area contributed by atoms with Crippen molar-refractivity contribution >= 4 is 46.9 Å². The van der Waals surface area contributed by atoms with Gasteiger partial charge in [-0.2, -0.15) is 18.3 Å². The van der Waals surface area contributed by atoms with E-state index in [2.05, 4.69) is 26.0 Å². The lowest BCUT2D eigenvalue weighted by atomic mass is 9.95. The van der Waals surface area contributed by atoms with Gasteiger partial charge in [-0.25, -0.2) is 18.7 Å². The van der Waals surface area contributed by atoms with Gasteiger partial charge in [0.25, 0.3) is 5.91 Å². The van der Waals surface area contributed by atoms with E-state index >= 15 is 0 Å². The number of anilines is 2. The lowest BCUT2D eigenvalue weighted by Gasteiger charge is -2.22. The molecule has 4 N–H and O–H groups in total. The van der Waals surface area contributed by atoms with Gasteiger partial charge >= 0.3 is 18.2 Å². The summed E-state index contributed by atoms with van der Waals surface area (Å²) < 4.78 is 52.5. The molecular formula is C33H31ClF4N6O6. The zero-order valence-electron chi connectivity index (χ0n) is 26.8. The minimum atomic E-state index is -5.08. The Balaban J connectivity index is 0.000000727. The molecule has 3 heterocycles. The quantitative estimate of drug-likeness (QED) is 0.163. The van der Waals surface area contributed by atoms with Crippen LogP contribution in [0.1, 0.15) is 54.0 Å². The van der Waals surface area contributed by atoms with Gasteiger partial charge in [-0.1, -0.05) is 37.1 Å². The number of carboxylic acids is 1. The van der Waals surface area contributed by atoms with Crippen LogP contribution in [-0.4, -0.2) is 57.0 Å². The van der Waals surface area contributed by atoms with E-state index in [4.69, 9.17) is 26.2 Å². The van der Waals surface area contributed by atoms with Crippen LogP contribution in [0.2, 0.25) is 5.02 Å². The lowest BCUT2D eigenvalue weighted by Crippen LogP contribution is -2.30. The lowest BCUT2D eigenvalue weighted by molar-refractivity contribution is -0.192. The number of nitrogens with one attached hydrogen (secondary N) is 3. The number of benzene rings is 2. The maximum atomic E-state index is 14.7. The molecular weight excluding hydrogens is 688 g/mol. The van der Waals surface area contributed by atoms with Gasteiger partial charge < -0.3 is 20.5 Å². The molecule has 17 heteroatoms. The number of rotatable bonds is 4. The van der Waals surface area contributed by atoms with Crippen LogP contribution in [0.5, 0.6) is 0 Å². The van der Waals surface area contributed by atoms with Crippen LogP contribution in [-0.2, 0) is 14.3 Å². The van der Waals surface area contributed by atoms with E-state index in [0.29, 0.717) is 47.6 Å². The number of nitrogens with zero attached hydrogens (tertiary/aromatic N) is 3. The molecule has 4 aromatic rings. The summed E-state index contributed by atoms with van der Waals surface area (Å²) in [6.07, 6.45) is -0.934. The average Bonchev–Trinajstić information content (AvgIpc) is 3.45. The Morgan fingerprint density at radius 1 is 1.12 bits per heavy atom. The van der Waals surface area contributed by atoms with Crippen LogP contribution in [0.4, 0.5) is 33.7 Å². The molecule has 1 aliphatic heterocycles. The Morgan fingerprint density at radius 3 is 2.52 bits per heavy atom. The fraction of sp³-hybridized carbons (Fsp3) is 0.273. The highest BCUT2D eigenvalue weighted by molar-refractivity contribution is 6.30. The number of carboxylic acid groups (broad SMARTS) is 1. The molecule has 0 unspecified atom stereocenters. The van der Waals surface area contributed by atoms with Gasteiger partial charge in [-0.3, -0.25) is 19.9 Å². The van der Waals surface area contributed by atoms with Gasteiger partial charge in [0.15, 0.2) is 5.82 Å². The monoisotopic (exact) mass is 718 g/mol. The molecule has 264 valence electrons. The number of halogens is 5. The van der Waals surface area contributed by atoms with Crippen molar-refractivity contribution in [3.8, 4) is 16.8 Å². The second-order valence-corrected chi connectivity index (χ2v) is 11.5. The second kappa shape index (κ2) is 15.8. The van der Waals surface area contributed by atoms with Crippen LogP contribution in [0.3, 0.4) is 0 Å². The number of carbonyl (C=O) groups is 4. The largest absolute Gasteiger partial charge is 0.490 e. The molecule has 2 bridgehead atoms. The summed E-state index contributed by atoms with van der Waals surface area (Å²) in [5.41, 5.74) is 3.96. The molecule has 2 aromatic heterocycles. The van der Waals surface area contributed by atoms with E-state index in [1.54, 1.807) is 37.4 Å². The van der Waals surface area contributed by atoms with Crippen LogP contribution in [0.25, 0.3) is 16.8 Å². The summed E-state index contributed by atoms with van der Waals surface area (Å²) in [5, 5.41) is 20.0. The first kappa shape index (κ1) is 37.3. The number of aliphatic carboxylic acids is 1. The van der Waals surface area contributed by atoms with Crippen molar-refractivity contribution in [1.29, 1.82) is 0 Å². The highest BCUT2D eigenvalue weighted by Gasteiger charge is 2.38. The molecule has 1 aliphatic rings. The highest BCUT2D eigenvalue weighted by atomic mass is 35.5. The molecule has 0 saturated heterocycles. The zero-order valence-corrected chi connectivity index (χ0v) is 27.5. The van der Waals surface area contributed by atoms with Crippen LogP contribution >= 0.6 is 11.6 Å². The predicted molar refractivity (Wildman–Crippen MR) is 175 cm³/mol. The number of methoxy groups -OCH3 is 1. The minimum absolute atomic E-state index is 0.0435. The Hall–Kier alpha value is -5.51. The number of ether oxygens (including phenoxy) is 1. The van der Waals surface area contributed by atoms with E-state index in [-0.39, 0.29) is 34.0 Å². The molecule has 2 aromatic carbocycles. The molecule has 2 atom stereocenters. The number of hydrogen-bond acceptors (Lipinski definition) is 7. The standard InChI is InChI=1S/C31H30ClFN6O4.C2HF3O2/c1-17-6-4-8-24(37-30(41)22-16-35-39(18(22)2)27-9-5-7-23(32)28(27)33)26-14-19(12-13-34-26)21-11-10-20(36-31(42)43-3)15-25(21)38-29(17)40;3-2(4,5)1(6)7/h5,7,9-17,24H,4,6,8H2,1-3H3,(H,36,42)(H,37,41)(H,38,40);(H,6,7)/t17-,24+;/m1./s1. The van der Waals surface area contributed by atoms with Crippen molar-refractivity contribution in [3.05, 3.63) is 88.7 Å². The molecule has 0 spiro atoms. The molecule has 0 aliphatic carbocycles. The first-order valence-corrected chi connectivity index (χ1v) is 15.3. The van der Waals surface area contributed by atoms with E-state index in [0.717, 1.165) is 5.56 Å². The van der Waals surface area contributed by atoms with Crippen molar-refractivity contribution in [2.45, 2.75) is 45.3 Å². The summed E-state index contributed by atoms with van der Waals surface area (Å²) in [7, 11) is 1.27. The third-order valence-electron chi connectivity index (χ3n) is 7.70. The molecule has 0 radical (unpaired) electrons. The third-order valence-corrected chi connectivity index (χ3v) is 7.99. The van der Waals surface area contributed by atoms with Crippen molar-refractivity contribution < 1.29 is 46.6 Å². The molecule has 50 heavy (non-hydrogen) atoms. The summed E-state index contributed by atoms with van der Waals surface area (Å²) >= 11 is 5.96. The molecule has 3 amide bonds.